The van der Waals surface area contributed by atoms with E-state index in [1.807, 2.05) is 31.2 Å². The van der Waals surface area contributed by atoms with Crippen LogP contribution in [0.3, 0.4) is 0 Å². The van der Waals surface area contributed by atoms with Gasteiger partial charge in [0, 0.05) is 44.7 Å². The third kappa shape index (κ3) is 5.10. The van der Waals surface area contributed by atoms with Gasteiger partial charge in [0.1, 0.15) is 5.75 Å². The Morgan fingerprint density at radius 2 is 2.19 bits per heavy atom. The lowest BCUT2D eigenvalue weighted by molar-refractivity contribution is -0.117. The summed E-state index contributed by atoms with van der Waals surface area (Å²) in [5.41, 5.74) is 10.3. The fraction of sp³-hybridized carbons (Fsp3) is 0.400. The molecule has 1 aliphatic rings. The number of nitrogens with one attached hydrogen (secondary N) is 2. The zero-order valence-electron chi connectivity index (χ0n) is 16.4. The first-order valence-corrected chi connectivity index (χ1v) is 8.94. The van der Waals surface area contributed by atoms with E-state index in [0.717, 1.165) is 22.6 Å². The van der Waals surface area contributed by atoms with Crippen LogP contribution in [0.5, 0.6) is 5.75 Å². The molecule has 1 heterocycles. The number of allylic oxidation sites excluding steroid dienone is 1. The van der Waals surface area contributed by atoms with Gasteiger partial charge in [-0.25, -0.2) is 0 Å². The molecular weight excluding hydrogens is 344 g/mol. The van der Waals surface area contributed by atoms with Gasteiger partial charge in [-0.2, -0.15) is 0 Å². The van der Waals surface area contributed by atoms with Crippen molar-refractivity contribution >= 4 is 23.4 Å². The van der Waals surface area contributed by atoms with E-state index in [-0.39, 0.29) is 5.91 Å². The largest absolute Gasteiger partial charge is 0.494 e. The molecule has 0 aromatic heterocycles. The number of nitrogens with zero attached hydrogens (tertiary/aromatic N) is 1. The molecule has 146 valence electrons. The maximum Gasteiger partial charge on any atom is 0.255 e. The first kappa shape index (κ1) is 20.5. The summed E-state index contributed by atoms with van der Waals surface area (Å²) < 4.78 is 10.5. The molecule has 0 saturated heterocycles. The Balaban J connectivity index is 2.30. The molecule has 27 heavy (non-hydrogen) atoms. The van der Waals surface area contributed by atoms with Gasteiger partial charge >= 0.3 is 0 Å². The zero-order chi connectivity index (χ0) is 19.8. The number of carbonyl (C=O) groups is 1. The van der Waals surface area contributed by atoms with Crippen LogP contribution in [0.4, 0.5) is 5.69 Å². The van der Waals surface area contributed by atoms with Crippen molar-refractivity contribution in [3.05, 3.63) is 40.6 Å². The molecule has 4 N–H and O–H groups in total. The van der Waals surface area contributed by atoms with Crippen LogP contribution < -0.4 is 21.1 Å². The van der Waals surface area contributed by atoms with E-state index in [2.05, 4.69) is 15.6 Å². The molecule has 1 amide bonds. The Morgan fingerprint density at radius 1 is 1.41 bits per heavy atom. The number of hydrogen-bond acceptors (Lipinski definition) is 6. The second kappa shape index (κ2) is 9.78. The number of anilines is 1. The highest BCUT2D eigenvalue weighted by molar-refractivity contribution is 6.30. The summed E-state index contributed by atoms with van der Waals surface area (Å²) in [5, 5.41) is 6.18. The van der Waals surface area contributed by atoms with Crippen molar-refractivity contribution in [2.24, 2.45) is 10.7 Å². The van der Waals surface area contributed by atoms with Crippen molar-refractivity contribution in [3.8, 4) is 5.75 Å². The molecule has 0 atom stereocenters. The molecule has 7 nitrogen and oxygen atoms in total. The summed E-state index contributed by atoms with van der Waals surface area (Å²) in [5.74, 6) is 0.562. The van der Waals surface area contributed by atoms with Crippen LogP contribution in [0.1, 0.15) is 19.4 Å². The summed E-state index contributed by atoms with van der Waals surface area (Å²) in [6.07, 6.45) is 2.02. The predicted octanol–water partition coefficient (Wildman–Crippen LogP) is 1.96. The summed E-state index contributed by atoms with van der Waals surface area (Å²) >= 11 is 0. The lowest BCUT2D eigenvalue weighted by Crippen LogP contribution is -2.34. The van der Waals surface area contributed by atoms with Gasteiger partial charge in [-0.3, -0.25) is 9.79 Å². The van der Waals surface area contributed by atoms with E-state index in [1.54, 1.807) is 21.1 Å². The number of rotatable bonds is 8. The van der Waals surface area contributed by atoms with E-state index in [1.165, 1.54) is 0 Å². The highest BCUT2D eigenvalue weighted by atomic mass is 16.5. The van der Waals surface area contributed by atoms with Gasteiger partial charge in [-0.05, 0) is 43.2 Å². The smallest absolute Gasteiger partial charge is 0.255 e. The fourth-order valence-electron chi connectivity index (χ4n) is 2.90. The third-order valence-electron chi connectivity index (χ3n) is 4.11. The highest BCUT2D eigenvalue weighted by Crippen LogP contribution is 2.29. The van der Waals surface area contributed by atoms with Crippen LogP contribution in [0.2, 0.25) is 0 Å². The number of ether oxygens (including phenoxy) is 2. The second-order valence-corrected chi connectivity index (χ2v) is 6.08. The quantitative estimate of drug-likeness (QED) is 0.368. The van der Waals surface area contributed by atoms with Crippen molar-refractivity contribution < 1.29 is 14.3 Å². The molecule has 0 radical (unpaired) electrons. The average molecular weight is 372 g/mol. The monoisotopic (exact) mass is 372 g/mol. The van der Waals surface area contributed by atoms with Gasteiger partial charge in [0.2, 0.25) is 0 Å². The normalized spacial score (nSPS) is 14.5. The molecule has 1 aromatic carbocycles. The van der Waals surface area contributed by atoms with Gasteiger partial charge in [0.15, 0.2) is 0 Å². The van der Waals surface area contributed by atoms with Gasteiger partial charge in [-0.15, -0.1) is 0 Å². The predicted molar refractivity (Wildman–Crippen MR) is 109 cm³/mol. The second-order valence-electron chi connectivity index (χ2n) is 6.08. The number of fused-ring (bicyclic) bond motifs is 1. The molecule has 1 aromatic rings. The van der Waals surface area contributed by atoms with E-state index in [4.69, 9.17) is 15.2 Å². The van der Waals surface area contributed by atoms with Crippen molar-refractivity contribution in [1.82, 2.24) is 5.32 Å². The Kier molecular flexibility index (Phi) is 7.43. The van der Waals surface area contributed by atoms with Crippen molar-refractivity contribution in [2.75, 3.05) is 45.8 Å². The minimum Gasteiger partial charge on any atom is -0.494 e. The van der Waals surface area contributed by atoms with Crippen LogP contribution in [0, 0.1) is 0 Å². The maximum atomic E-state index is 12.6. The van der Waals surface area contributed by atoms with E-state index in [9.17, 15) is 4.79 Å². The lowest BCUT2D eigenvalue weighted by atomic mass is 9.95. The fourth-order valence-corrected chi connectivity index (χ4v) is 2.90. The molecule has 0 bridgehead atoms. The Hall–Kier alpha value is -2.80. The number of hydrogen-bond donors (Lipinski definition) is 3. The van der Waals surface area contributed by atoms with Gasteiger partial charge in [-0.1, -0.05) is 0 Å². The summed E-state index contributed by atoms with van der Waals surface area (Å²) in [6.45, 7) is 5.65. The molecule has 7 heteroatoms. The third-order valence-corrected chi connectivity index (χ3v) is 4.11. The zero-order valence-corrected chi connectivity index (χ0v) is 16.4. The minimum absolute atomic E-state index is 0.258. The van der Waals surface area contributed by atoms with Crippen LogP contribution in [-0.4, -0.2) is 52.1 Å². The maximum absolute atomic E-state index is 12.6. The average Bonchev–Trinajstić information content (AvgIpc) is 2.65. The summed E-state index contributed by atoms with van der Waals surface area (Å²) in [4.78, 5) is 17.0. The standard InChI is InChI=1S/C20H28N4O3/c1-5-27-16-7-6-14-10-15(12-24-17(14)11-16)19(22-3)18(13(2)21)20(25)23-8-9-26-4/h6-7,10-11,24H,5,8-9,12,21H2,1-4H3,(H,23,25)/b18-13-,22-19-. The molecule has 0 fully saturated rings. The van der Waals surface area contributed by atoms with Crippen LogP contribution in [0.15, 0.2) is 40.0 Å². The molecule has 0 unspecified atom stereocenters. The van der Waals surface area contributed by atoms with Gasteiger partial charge < -0.3 is 25.8 Å². The molecule has 0 aliphatic carbocycles. The lowest BCUT2D eigenvalue weighted by Gasteiger charge is -2.22. The Labute approximate surface area is 160 Å². The number of carbonyl (C=O) groups excluding carboxylic acids is 1. The Morgan fingerprint density at radius 3 is 2.81 bits per heavy atom. The molecule has 2 rings (SSSR count). The molecule has 1 aliphatic heterocycles. The number of methoxy groups -OCH3 is 1. The number of aliphatic imine (C=N–C) groups is 1. The first-order valence-electron chi connectivity index (χ1n) is 8.94. The van der Waals surface area contributed by atoms with Crippen LogP contribution in [0.25, 0.3) is 6.08 Å². The number of amides is 1. The first-order chi connectivity index (χ1) is 13.0. The number of nitrogens with two attached hydrogens (primary N) is 1. The van der Waals surface area contributed by atoms with Gasteiger partial charge in [0.25, 0.3) is 5.91 Å². The molecular formula is C20H28N4O3. The van der Waals surface area contributed by atoms with Crippen LogP contribution >= 0.6 is 0 Å². The highest BCUT2D eigenvalue weighted by Gasteiger charge is 2.23. The molecule has 0 spiro atoms. The van der Waals surface area contributed by atoms with Crippen molar-refractivity contribution in [1.29, 1.82) is 0 Å². The van der Waals surface area contributed by atoms with Crippen LogP contribution in [-0.2, 0) is 9.53 Å². The SMILES string of the molecule is CCOc1ccc2c(c1)NCC(C(=N/C)/C(C(=O)NCCOC)=C(\C)N)=C2. The van der Waals surface area contributed by atoms with Crippen molar-refractivity contribution in [3.63, 3.8) is 0 Å². The molecule has 0 saturated carbocycles. The minimum atomic E-state index is -0.258. The summed E-state index contributed by atoms with van der Waals surface area (Å²) in [7, 11) is 3.25. The summed E-state index contributed by atoms with van der Waals surface area (Å²) in [6, 6.07) is 5.88. The Bertz CT molecular complexity index is 777. The van der Waals surface area contributed by atoms with E-state index in [0.29, 0.717) is 43.3 Å². The topological polar surface area (TPSA) is 98.0 Å². The van der Waals surface area contributed by atoms with E-state index >= 15 is 0 Å². The number of benzene rings is 1. The van der Waals surface area contributed by atoms with E-state index < -0.39 is 0 Å². The van der Waals surface area contributed by atoms with Crippen molar-refractivity contribution in [2.45, 2.75) is 13.8 Å². The van der Waals surface area contributed by atoms with Gasteiger partial charge in [0.05, 0.1) is 24.5 Å².